The Bertz CT molecular complexity index is 1870. The molecule has 3 saturated heterocycles. The van der Waals surface area contributed by atoms with E-state index >= 15 is 0 Å². The van der Waals surface area contributed by atoms with Gasteiger partial charge in [0.2, 0.25) is 17.8 Å². The van der Waals surface area contributed by atoms with Crippen LogP contribution in [0.3, 0.4) is 0 Å². The second-order valence-electron chi connectivity index (χ2n) is 15.6. The van der Waals surface area contributed by atoms with E-state index in [4.69, 9.17) is 0 Å². The second-order valence-corrected chi connectivity index (χ2v) is 16.5. The van der Waals surface area contributed by atoms with Gasteiger partial charge < -0.3 is 20.0 Å². The van der Waals surface area contributed by atoms with E-state index in [2.05, 4.69) is 35.1 Å². The predicted molar refractivity (Wildman–Crippen MR) is 209 cm³/mol. The van der Waals surface area contributed by atoms with Gasteiger partial charge in [-0.05, 0) is 94.4 Å². The molecule has 310 valence electrons. The third-order valence-electron chi connectivity index (χ3n) is 11.0. The van der Waals surface area contributed by atoms with E-state index in [1.54, 1.807) is 17.0 Å². The molecule has 4 aliphatic rings. The first-order valence-corrected chi connectivity index (χ1v) is 20.3. The molecule has 2 aromatic carbocycles. The fourth-order valence-corrected chi connectivity index (χ4v) is 8.49. The number of nitrogens with one attached hydrogen (secondary N) is 3. The number of hydrogen-bond acceptors (Lipinski definition) is 10. The molecule has 3 aliphatic heterocycles. The zero-order chi connectivity index (χ0) is 40.9. The van der Waals surface area contributed by atoms with Gasteiger partial charge in [-0.15, -0.1) is 0 Å². The summed E-state index contributed by atoms with van der Waals surface area (Å²) in [7, 11) is 4.07. The number of aromatic nitrogens is 2. The molecule has 4 fully saturated rings. The van der Waals surface area contributed by atoms with E-state index in [-0.39, 0.29) is 47.1 Å². The van der Waals surface area contributed by atoms with Crippen molar-refractivity contribution in [2.75, 3.05) is 55.4 Å². The maximum atomic E-state index is 14.4. The summed E-state index contributed by atoms with van der Waals surface area (Å²) >= 11 is 1.33. The number of hydrogen-bond donors (Lipinski definition) is 3. The number of halogens is 6. The number of carbonyl (C=O) groups excluding carboxylic acids is 2. The lowest BCUT2D eigenvalue weighted by atomic mass is 9.90. The van der Waals surface area contributed by atoms with Gasteiger partial charge in [0.25, 0.3) is 6.43 Å². The Balaban J connectivity index is 0.000000214. The largest absolute Gasteiger partial charge is 0.421 e. The molecule has 2 amide bonds. The van der Waals surface area contributed by atoms with Crippen molar-refractivity contribution in [3.63, 3.8) is 0 Å². The van der Waals surface area contributed by atoms with Crippen LogP contribution >= 0.6 is 11.9 Å². The Morgan fingerprint density at radius 1 is 0.947 bits per heavy atom. The number of amides is 2. The molecule has 10 nitrogen and oxygen atoms in total. The number of rotatable bonds is 10. The summed E-state index contributed by atoms with van der Waals surface area (Å²) in [6.07, 6.45) is 1.34. The Hall–Kier alpha value is -4.09. The molecule has 0 bridgehead atoms. The van der Waals surface area contributed by atoms with Crippen LogP contribution in [0.1, 0.15) is 93.7 Å². The van der Waals surface area contributed by atoms with Crippen molar-refractivity contribution in [3.05, 3.63) is 65.1 Å². The molecule has 3 N–H and O–H groups in total. The fourth-order valence-electron chi connectivity index (χ4n) is 7.63. The number of piperidine rings is 2. The van der Waals surface area contributed by atoms with E-state index in [1.807, 2.05) is 27.1 Å². The highest BCUT2D eigenvalue weighted by Gasteiger charge is 2.38. The topological polar surface area (TPSA) is 106 Å². The fraction of sp³-hybridized carbons (Fsp3) is 0.550. The molecule has 4 heterocycles. The molecule has 3 aromatic rings. The van der Waals surface area contributed by atoms with Crippen molar-refractivity contribution in [2.45, 2.75) is 100 Å². The van der Waals surface area contributed by atoms with Crippen LogP contribution in [0.4, 0.5) is 49.5 Å². The average molecular weight is 821 g/mol. The SMILES string of the molecule is CC1CCCN(c2nc(Nc3ccc(SNC4CCCCC4)cc3C(F)F)ncc2C(F)(F)F)C1.CN(C)C1CN(c2ccc(C3CCC(=O)NC3=O)c(F)c2)C1. The van der Waals surface area contributed by atoms with Gasteiger partial charge in [0.15, 0.2) is 0 Å². The van der Waals surface area contributed by atoms with Crippen molar-refractivity contribution in [1.29, 1.82) is 0 Å². The lowest BCUT2D eigenvalue weighted by molar-refractivity contribution is -0.138. The third-order valence-corrected chi connectivity index (χ3v) is 12.0. The summed E-state index contributed by atoms with van der Waals surface area (Å²) in [5, 5.41) is 5.00. The van der Waals surface area contributed by atoms with Gasteiger partial charge in [0, 0.05) is 78.3 Å². The molecule has 1 aliphatic carbocycles. The minimum Gasteiger partial charge on any atom is -0.368 e. The molecule has 2 atom stereocenters. The first-order valence-electron chi connectivity index (χ1n) is 19.5. The number of imide groups is 1. The molecule has 1 saturated carbocycles. The van der Waals surface area contributed by atoms with E-state index in [1.165, 1.54) is 36.6 Å². The first-order chi connectivity index (χ1) is 27.2. The molecule has 1 aromatic heterocycles. The molecule has 2 unspecified atom stereocenters. The Morgan fingerprint density at radius 2 is 1.70 bits per heavy atom. The quantitative estimate of drug-likeness (QED) is 0.105. The van der Waals surface area contributed by atoms with Crippen LogP contribution in [0.5, 0.6) is 0 Å². The van der Waals surface area contributed by atoms with Crippen LogP contribution in [0.25, 0.3) is 0 Å². The Labute approximate surface area is 333 Å². The summed E-state index contributed by atoms with van der Waals surface area (Å²) in [6, 6.07) is 10.5. The number of alkyl halides is 5. The number of benzene rings is 2. The number of likely N-dealkylation sites (N-methyl/N-ethyl adjacent to an activating group) is 1. The minimum atomic E-state index is -4.62. The summed E-state index contributed by atoms with van der Waals surface area (Å²) in [5.74, 6) is -1.77. The van der Waals surface area contributed by atoms with E-state index < -0.39 is 30.0 Å². The standard InChI is InChI=1S/C24H30F5N5S.C16H20FN3O2/c1-15-6-5-11-34(14-15)22-19(24(27,28)29)13-30-23(32-22)31-20-10-9-17(12-18(20)21(25)26)35-33-16-7-3-2-4-8-16;1-19(2)11-8-20(9-11)10-3-4-12(14(17)7-10)13-5-6-15(21)18-16(13)22/h9-10,12-13,15-16,21,33H,2-8,11,14H2,1H3,(H,30,31,32);3-4,7,11,13H,5-6,8-9H2,1-2H3,(H,18,21,22). The van der Waals surface area contributed by atoms with Gasteiger partial charge in [-0.25, -0.2) is 18.2 Å². The lowest BCUT2D eigenvalue weighted by Crippen LogP contribution is -2.57. The van der Waals surface area contributed by atoms with Crippen LogP contribution in [-0.2, 0) is 15.8 Å². The molecular weight excluding hydrogens is 771 g/mol. The maximum Gasteiger partial charge on any atom is 0.421 e. The Kier molecular flexibility index (Phi) is 13.9. The summed E-state index contributed by atoms with van der Waals surface area (Å²) < 4.78 is 86.4. The van der Waals surface area contributed by atoms with E-state index in [0.717, 1.165) is 63.5 Å². The van der Waals surface area contributed by atoms with Crippen LogP contribution < -0.4 is 25.2 Å². The molecule has 7 rings (SSSR count). The van der Waals surface area contributed by atoms with E-state index in [9.17, 15) is 35.9 Å². The van der Waals surface area contributed by atoms with E-state index in [0.29, 0.717) is 42.1 Å². The molecule has 17 heteroatoms. The van der Waals surface area contributed by atoms with Gasteiger partial charge in [-0.3, -0.25) is 19.6 Å². The maximum absolute atomic E-state index is 14.4. The molecule has 57 heavy (non-hydrogen) atoms. The van der Waals surface area contributed by atoms with Gasteiger partial charge in [-0.1, -0.05) is 32.3 Å². The molecule has 0 spiro atoms. The van der Waals surface area contributed by atoms with Crippen molar-refractivity contribution >= 4 is 46.9 Å². The van der Waals surface area contributed by atoms with Crippen LogP contribution in [0, 0.1) is 11.7 Å². The highest BCUT2D eigenvalue weighted by atomic mass is 32.2. The minimum absolute atomic E-state index is 0.0692. The van der Waals surface area contributed by atoms with Crippen molar-refractivity contribution in [3.8, 4) is 0 Å². The highest BCUT2D eigenvalue weighted by molar-refractivity contribution is 7.97. The highest BCUT2D eigenvalue weighted by Crippen LogP contribution is 2.39. The summed E-state index contributed by atoms with van der Waals surface area (Å²) in [4.78, 5) is 37.5. The zero-order valence-electron chi connectivity index (χ0n) is 32.3. The van der Waals surface area contributed by atoms with Gasteiger partial charge in [0.1, 0.15) is 17.2 Å². The van der Waals surface area contributed by atoms with Crippen LogP contribution in [0.15, 0.2) is 47.5 Å². The smallest absolute Gasteiger partial charge is 0.368 e. The number of anilines is 4. The lowest BCUT2D eigenvalue weighted by Gasteiger charge is -2.44. The zero-order valence-corrected chi connectivity index (χ0v) is 33.2. The van der Waals surface area contributed by atoms with Crippen molar-refractivity contribution < 1.29 is 35.9 Å². The summed E-state index contributed by atoms with van der Waals surface area (Å²) in [6.45, 7) is 4.64. The van der Waals surface area contributed by atoms with Gasteiger partial charge >= 0.3 is 6.18 Å². The average Bonchev–Trinajstić information content (AvgIpc) is 3.14. The van der Waals surface area contributed by atoms with Crippen LogP contribution in [0.2, 0.25) is 0 Å². The summed E-state index contributed by atoms with van der Waals surface area (Å²) in [5.41, 5.74) is 0.105. The third kappa shape index (κ3) is 10.9. The van der Waals surface area contributed by atoms with Gasteiger partial charge in [0.05, 0.1) is 5.92 Å². The van der Waals surface area contributed by atoms with Crippen molar-refractivity contribution in [1.82, 2.24) is 24.9 Å². The number of nitrogens with zero attached hydrogens (tertiary/aromatic N) is 5. The molecular formula is C40H50F6N8O2S. The van der Waals surface area contributed by atoms with Crippen LogP contribution in [-0.4, -0.2) is 79.0 Å². The first kappa shape index (κ1) is 42.5. The monoisotopic (exact) mass is 820 g/mol. The van der Waals surface area contributed by atoms with Gasteiger partial charge in [-0.2, -0.15) is 18.2 Å². The normalized spacial score (nSPS) is 21.0. The molecule has 0 radical (unpaired) electrons. The number of carbonyl (C=O) groups is 2. The van der Waals surface area contributed by atoms with Crippen molar-refractivity contribution in [2.24, 2.45) is 5.92 Å². The Morgan fingerprint density at radius 3 is 2.35 bits per heavy atom. The predicted octanol–water partition coefficient (Wildman–Crippen LogP) is 8.44. The second kappa shape index (κ2) is 18.7.